The molecule has 0 aromatic rings. The first kappa shape index (κ1) is 17.4. The second kappa shape index (κ2) is 7.97. The zero-order chi connectivity index (χ0) is 16.0. The van der Waals surface area contributed by atoms with Crippen molar-refractivity contribution in [3.05, 3.63) is 0 Å². The van der Waals surface area contributed by atoms with Crippen LogP contribution >= 0.6 is 0 Å². The van der Waals surface area contributed by atoms with Crippen molar-refractivity contribution in [3.63, 3.8) is 0 Å². The Bertz CT molecular complexity index is 397. The largest absolute Gasteiger partial charge is 0.480 e. The molecule has 0 spiro atoms. The maximum Gasteiger partial charge on any atom is 0.326 e. The topological polar surface area (TPSA) is 105 Å². The monoisotopic (exact) mass is 300 g/mol. The van der Waals surface area contributed by atoms with Gasteiger partial charge in [0, 0.05) is 6.61 Å². The van der Waals surface area contributed by atoms with Crippen molar-refractivity contribution in [2.75, 3.05) is 13.2 Å². The third-order valence-electron chi connectivity index (χ3n) is 3.21. The van der Waals surface area contributed by atoms with Crippen molar-refractivity contribution in [2.24, 2.45) is 11.8 Å². The third kappa shape index (κ3) is 6.12. The predicted molar refractivity (Wildman–Crippen MR) is 75.6 cm³/mol. The van der Waals surface area contributed by atoms with E-state index in [1.807, 2.05) is 20.8 Å². The molecule has 0 bridgehead atoms. The van der Waals surface area contributed by atoms with E-state index in [1.54, 1.807) is 0 Å². The lowest BCUT2D eigenvalue weighted by molar-refractivity contribution is -0.142. The number of hydrogen-bond acceptors (Lipinski definition) is 4. The Morgan fingerprint density at radius 2 is 2.00 bits per heavy atom. The van der Waals surface area contributed by atoms with Crippen molar-refractivity contribution in [1.29, 1.82) is 0 Å². The molecule has 120 valence electrons. The minimum Gasteiger partial charge on any atom is -0.480 e. The molecule has 3 N–H and O–H groups in total. The molecule has 0 aliphatic heterocycles. The molecule has 0 saturated heterocycles. The van der Waals surface area contributed by atoms with Gasteiger partial charge in [0.25, 0.3) is 0 Å². The molecule has 1 rings (SSSR count). The average molecular weight is 300 g/mol. The van der Waals surface area contributed by atoms with Crippen LogP contribution in [0.3, 0.4) is 0 Å². The summed E-state index contributed by atoms with van der Waals surface area (Å²) in [5.74, 6) is -1.82. The van der Waals surface area contributed by atoms with Crippen LogP contribution in [0.25, 0.3) is 0 Å². The number of carboxylic acid groups (broad SMARTS) is 1. The van der Waals surface area contributed by atoms with Gasteiger partial charge in [-0.3, -0.25) is 9.59 Å². The number of aliphatic carboxylic acids is 1. The lowest BCUT2D eigenvalue weighted by Crippen LogP contribution is -2.46. The number of hydrogen-bond donors (Lipinski definition) is 3. The van der Waals surface area contributed by atoms with Gasteiger partial charge in [-0.1, -0.05) is 13.8 Å². The van der Waals surface area contributed by atoms with Crippen molar-refractivity contribution in [1.82, 2.24) is 10.6 Å². The van der Waals surface area contributed by atoms with E-state index in [0.29, 0.717) is 19.4 Å². The smallest absolute Gasteiger partial charge is 0.326 e. The van der Waals surface area contributed by atoms with Gasteiger partial charge in [-0.15, -0.1) is 0 Å². The summed E-state index contributed by atoms with van der Waals surface area (Å²) in [6.45, 7) is 5.97. The summed E-state index contributed by atoms with van der Waals surface area (Å²) in [7, 11) is 0. The van der Waals surface area contributed by atoms with Crippen molar-refractivity contribution in [3.8, 4) is 0 Å². The lowest BCUT2D eigenvalue weighted by Gasteiger charge is -2.16. The van der Waals surface area contributed by atoms with Crippen molar-refractivity contribution < 1.29 is 24.2 Å². The number of nitrogens with one attached hydrogen (secondary N) is 2. The molecule has 3 atom stereocenters. The molecule has 0 aromatic carbocycles. The fraction of sp³-hybridized carbons (Fsp3) is 0.786. The average Bonchev–Trinajstić information content (AvgIpc) is 3.14. The molecular weight excluding hydrogens is 276 g/mol. The highest BCUT2D eigenvalue weighted by molar-refractivity contribution is 5.89. The molecule has 2 amide bonds. The molecular formula is C14H24N2O5. The quantitative estimate of drug-likeness (QED) is 0.562. The number of carbonyl (C=O) groups is 3. The summed E-state index contributed by atoms with van der Waals surface area (Å²) < 4.78 is 5.29. The van der Waals surface area contributed by atoms with Gasteiger partial charge in [-0.05, 0) is 25.7 Å². The highest BCUT2D eigenvalue weighted by Gasteiger charge is 2.43. The number of carboxylic acids is 1. The molecule has 0 aromatic heterocycles. The van der Waals surface area contributed by atoms with Gasteiger partial charge in [0.2, 0.25) is 11.8 Å². The first-order chi connectivity index (χ1) is 9.85. The predicted octanol–water partition coefficient (Wildman–Crippen LogP) is 0.143. The second-order valence-corrected chi connectivity index (χ2v) is 5.64. The first-order valence-electron chi connectivity index (χ1n) is 7.26. The van der Waals surface area contributed by atoms with Crippen LogP contribution in [0.2, 0.25) is 0 Å². The highest BCUT2D eigenvalue weighted by Crippen LogP contribution is 2.33. The maximum absolute atomic E-state index is 11.7. The van der Waals surface area contributed by atoms with Gasteiger partial charge >= 0.3 is 5.97 Å². The van der Waals surface area contributed by atoms with Crippen LogP contribution in [0.15, 0.2) is 0 Å². The van der Waals surface area contributed by atoms with Crippen LogP contribution in [0.4, 0.5) is 0 Å². The molecule has 1 aliphatic carbocycles. The Morgan fingerprint density at radius 1 is 1.33 bits per heavy atom. The van der Waals surface area contributed by atoms with Crippen molar-refractivity contribution >= 4 is 17.8 Å². The standard InChI is InChI=1S/C14H24N2O5/c1-4-21-11-6-9(11)13(18)15-7-12(17)16-10(14(19)20)5-8(2)3/h8-11H,4-7H2,1-3H3,(H,15,18)(H,16,17)(H,19,20)/t9?,10-,11?/m0/s1. The highest BCUT2D eigenvalue weighted by atomic mass is 16.5. The van der Waals surface area contributed by atoms with Crippen LogP contribution in [0.1, 0.15) is 33.6 Å². The van der Waals surface area contributed by atoms with E-state index < -0.39 is 17.9 Å². The second-order valence-electron chi connectivity index (χ2n) is 5.64. The van der Waals surface area contributed by atoms with Gasteiger partial charge in [0.05, 0.1) is 18.6 Å². The molecule has 0 heterocycles. The van der Waals surface area contributed by atoms with Gasteiger partial charge in [0.15, 0.2) is 0 Å². The van der Waals surface area contributed by atoms with Gasteiger partial charge < -0.3 is 20.5 Å². The van der Waals surface area contributed by atoms with Crippen LogP contribution in [0, 0.1) is 11.8 Å². The molecule has 7 nitrogen and oxygen atoms in total. The number of carbonyl (C=O) groups excluding carboxylic acids is 2. The summed E-state index contributed by atoms with van der Waals surface area (Å²) >= 11 is 0. The van der Waals surface area contributed by atoms with E-state index in [2.05, 4.69) is 10.6 Å². The Morgan fingerprint density at radius 3 is 2.52 bits per heavy atom. The molecule has 2 unspecified atom stereocenters. The van der Waals surface area contributed by atoms with Gasteiger partial charge in [-0.2, -0.15) is 0 Å². The summed E-state index contributed by atoms with van der Waals surface area (Å²) in [6.07, 6.45) is 0.974. The maximum atomic E-state index is 11.7. The number of amides is 2. The first-order valence-corrected chi connectivity index (χ1v) is 7.26. The minimum absolute atomic E-state index is 0.0502. The van der Waals surface area contributed by atoms with Crippen LogP contribution in [-0.2, 0) is 19.1 Å². The number of rotatable bonds is 9. The Balaban J connectivity index is 2.30. The molecule has 1 fully saturated rings. The van der Waals surface area contributed by atoms with Crippen LogP contribution in [0.5, 0.6) is 0 Å². The molecule has 1 aliphatic rings. The Labute approximate surface area is 124 Å². The summed E-state index contributed by atoms with van der Waals surface area (Å²) in [5.41, 5.74) is 0. The Hall–Kier alpha value is -1.63. The molecule has 1 saturated carbocycles. The minimum atomic E-state index is -1.07. The lowest BCUT2D eigenvalue weighted by atomic mass is 10.0. The van der Waals surface area contributed by atoms with Gasteiger partial charge in [0.1, 0.15) is 6.04 Å². The third-order valence-corrected chi connectivity index (χ3v) is 3.21. The Kier molecular flexibility index (Phi) is 6.61. The van der Waals surface area contributed by atoms with E-state index in [-0.39, 0.29) is 30.4 Å². The zero-order valence-corrected chi connectivity index (χ0v) is 12.7. The summed E-state index contributed by atoms with van der Waals surface area (Å²) in [6, 6.07) is -0.925. The van der Waals surface area contributed by atoms with E-state index >= 15 is 0 Å². The van der Waals surface area contributed by atoms with E-state index in [4.69, 9.17) is 9.84 Å². The van der Waals surface area contributed by atoms with Crippen LogP contribution in [-0.4, -0.2) is 48.2 Å². The van der Waals surface area contributed by atoms with Crippen LogP contribution < -0.4 is 10.6 Å². The summed E-state index contributed by atoms with van der Waals surface area (Å²) in [4.78, 5) is 34.4. The molecule has 0 radical (unpaired) electrons. The van der Waals surface area contributed by atoms with Crippen molar-refractivity contribution in [2.45, 2.75) is 45.8 Å². The SMILES string of the molecule is CCOC1CC1C(=O)NCC(=O)N[C@@H](CC(C)C)C(=O)O. The van der Waals surface area contributed by atoms with E-state index in [9.17, 15) is 14.4 Å². The number of ether oxygens (including phenoxy) is 1. The fourth-order valence-electron chi connectivity index (χ4n) is 2.08. The normalized spacial score (nSPS) is 21.7. The van der Waals surface area contributed by atoms with E-state index in [0.717, 1.165) is 0 Å². The van der Waals surface area contributed by atoms with E-state index in [1.165, 1.54) is 0 Å². The molecule has 21 heavy (non-hydrogen) atoms. The van der Waals surface area contributed by atoms with Gasteiger partial charge in [-0.25, -0.2) is 4.79 Å². The molecule has 7 heteroatoms. The fourth-order valence-corrected chi connectivity index (χ4v) is 2.08. The summed E-state index contributed by atoms with van der Waals surface area (Å²) in [5, 5.41) is 13.9. The zero-order valence-electron chi connectivity index (χ0n) is 12.7.